The van der Waals surface area contributed by atoms with Gasteiger partial charge in [-0.05, 0) is 42.8 Å². The van der Waals surface area contributed by atoms with Crippen LogP contribution in [0.2, 0.25) is 0 Å². The van der Waals surface area contributed by atoms with Crippen LogP contribution in [0.15, 0.2) is 29.2 Å². The standard InChI is InChI=1S/C13H27OS.C7H8O3S/c1-5-7-9-15(10-8-6-2)11-13(14)12(3)4;1-6-2-4-7(5-3-6)11(8,9)10/h12H,5-11H2,1-4H3;2-5H,1H3,(H,8,9,10)/q+1;/p-1. The first-order chi connectivity index (χ1) is 12.1. The van der Waals surface area contributed by atoms with Gasteiger partial charge in [0.25, 0.3) is 0 Å². The van der Waals surface area contributed by atoms with E-state index < -0.39 is 10.1 Å². The number of rotatable bonds is 10. The molecule has 26 heavy (non-hydrogen) atoms. The van der Waals surface area contributed by atoms with Crippen LogP contribution >= 0.6 is 0 Å². The van der Waals surface area contributed by atoms with Gasteiger partial charge >= 0.3 is 0 Å². The van der Waals surface area contributed by atoms with E-state index in [9.17, 15) is 17.8 Å². The quantitative estimate of drug-likeness (QED) is 0.431. The molecule has 0 aromatic heterocycles. The van der Waals surface area contributed by atoms with Gasteiger partial charge in [-0.2, -0.15) is 0 Å². The van der Waals surface area contributed by atoms with Crippen LogP contribution in [0.4, 0.5) is 0 Å². The van der Waals surface area contributed by atoms with Gasteiger partial charge in [0.2, 0.25) is 0 Å². The first-order valence-electron chi connectivity index (χ1n) is 9.31. The van der Waals surface area contributed by atoms with Gasteiger partial charge in [0.15, 0.2) is 11.5 Å². The average Bonchev–Trinajstić information content (AvgIpc) is 2.57. The van der Waals surface area contributed by atoms with E-state index >= 15 is 0 Å². The highest BCUT2D eigenvalue weighted by Gasteiger charge is 2.22. The number of ketones is 1. The van der Waals surface area contributed by atoms with Crippen LogP contribution in [0, 0.1) is 12.8 Å². The van der Waals surface area contributed by atoms with Gasteiger partial charge < -0.3 is 4.55 Å². The molecule has 0 unspecified atom stereocenters. The predicted octanol–water partition coefficient (Wildman–Crippen LogP) is 4.33. The van der Waals surface area contributed by atoms with Gasteiger partial charge in [0, 0.05) is 5.92 Å². The zero-order valence-electron chi connectivity index (χ0n) is 16.8. The van der Waals surface area contributed by atoms with E-state index in [1.54, 1.807) is 12.1 Å². The molecule has 0 atom stereocenters. The number of hydrogen-bond donors (Lipinski definition) is 0. The van der Waals surface area contributed by atoms with Crippen LogP contribution in [0.3, 0.4) is 0 Å². The van der Waals surface area contributed by atoms with Crippen molar-refractivity contribution in [2.75, 3.05) is 17.3 Å². The largest absolute Gasteiger partial charge is 0.744 e. The van der Waals surface area contributed by atoms with Crippen LogP contribution in [0.25, 0.3) is 0 Å². The molecule has 150 valence electrons. The highest BCUT2D eigenvalue weighted by atomic mass is 32.2. The second-order valence-corrected chi connectivity index (χ2v) is 10.5. The van der Waals surface area contributed by atoms with Crippen LogP contribution in [-0.4, -0.2) is 36.0 Å². The average molecular weight is 403 g/mol. The Morgan fingerprint density at radius 3 is 1.85 bits per heavy atom. The zero-order valence-corrected chi connectivity index (χ0v) is 18.4. The second kappa shape index (κ2) is 13.3. The van der Waals surface area contributed by atoms with Gasteiger partial charge in [0.1, 0.15) is 21.6 Å². The molecule has 1 rings (SSSR count). The first-order valence-corrected chi connectivity index (χ1v) is 12.4. The molecule has 1 aromatic rings. The van der Waals surface area contributed by atoms with E-state index in [1.807, 2.05) is 20.8 Å². The van der Waals surface area contributed by atoms with E-state index in [0.29, 0.717) is 16.7 Å². The van der Waals surface area contributed by atoms with Crippen molar-refractivity contribution in [3.05, 3.63) is 29.8 Å². The smallest absolute Gasteiger partial charge is 0.184 e. The molecule has 0 N–H and O–H groups in total. The minimum absolute atomic E-state index is 0.178. The summed E-state index contributed by atoms with van der Waals surface area (Å²) in [5.74, 6) is 4.08. The van der Waals surface area contributed by atoms with Crippen molar-refractivity contribution in [3.8, 4) is 0 Å². The maximum absolute atomic E-state index is 11.7. The Balaban J connectivity index is 0.000000502. The number of benzene rings is 1. The van der Waals surface area contributed by atoms with Gasteiger partial charge in [-0.15, -0.1) is 0 Å². The summed E-state index contributed by atoms with van der Waals surface area (Å²) in [5.41, 5.74) is 0.928. The summed E-state index contributed by atoms with van der Waals surface area (Å²) in [4.78, 5) is 11.5. The van der Waals surface area contributed by atoms with Crippen molar-refractivity contribution in [3.63, 3.8) is 0 Å². The van der Waals surface area contributed by atoms with Crippen LogP contribution in [0.1, 0.15) is 58.9 Å². The number of Topliss-reactive ketones (excluding diaryl/α,β-unsaturated/α-hetero) is 1. The fraction of sp³-hybridized carbons (Fsp3) is 0.650. The molecule has 0 saturated heterocycles. The Morgan fingerprint density at radius 2 is 1.50 bits per heavy atom. The monoisotopic (exact) mass is 402 g/mol. The maximum atomic E-state index is 11.7. The van der Waals surface area contributed by atoms with Crippen molar-refractivity contribution in [1.82, 2.24) is 0 Å². The lowest BCUT2D eigenvalue weighted by Crippen LogP contribution is -2.25. The van der Waals surface area contributed by atoms with Crippen molar-refractivity contribution in [2.24, 2.45) is 5.92 Å². The highest BCUT2D eigenvalue weighted by molar-refractivity contribution is 7.97. The van der Waals surface area contributed by atoms with Crippen LogP contribution < -0.4 is 0 Å². The van der Waals surface area contributed by atoms with Crippen LogP contribution in [-0.2, 0) is 25.8 Å². The molecular formula is C20H34O4S2. The molecule has 0 aliphatic carbocycles. The van der Waals surface area contributed by atoms with Crippen molar-refractivity contribution in [1.29, 1.82) is 0 Å². The lowest BCUT2D eigenvalue weighted by atomic mass is 10.1. The Kier molecular flexibility index (Phi) is 12.9. The molecule has 0 amide bonds. The third-order valence-corrected chi connectivity index (χ3v) is 7.15. The number of hydrogen-bond acceptors (Lipinski definition) is 4. The van der Waals surface area contributed by atoms with E-state index in [1.165, 1.54) is 49.3 Å². The Bertz CT molecular complexity index is 599. The van der Waals surface area contributed by atoms with E-state index in [-0.39, 0.29) is 10.8 Å². The Hall–Kier alpha value is -0.850. The van der Waals surface area contributed by atoms with Crippen molar-refractivity contribution >= 4 is 26.8 Å². The summed E-state index contributed by atoms with van der Waals surface area (Å²) in [6, 6.07) is 5.78. The van der Waals surface area contributed by atoms with Crippen LogP contribution in [0.5, 0.6) is 0 Å². The number of unbranched alkanes of at least 4 members (excludes halogenated alkanes) is 2. The van der Waals surface area contributed by atoms with Crippen molar-refractivity contribution < 1.29 is 17.8 Å². The molecule has 0 bridgehead atoms. The maximum Gasteiger partial charge on any atom is 0.184 e. The van der Waals surface area contributed by atoms with Gasteiger partial charge in [-0.3, -0.25) is 4.79 Å². The summed E-state index contributed by atoms with van der Waals surface area (Å²) in [7, 11) is -3.89. The highest BCUT2D eigenvalue weighted by Crippen LogP contribution is 2.09. The zero-order chi connectivity index (χ0) is 20.2. The lowest BCUT2D eigenvalue weighted by Gasteiger charge is -2.09. The molecule has 0 aliphatic rings. The van der Waals surface area contributed by atoms with E-state index in [4.69, 9.17) is 0 Å². The normalized spacial score (nSPS) is 11.4. The molecule has 6 heteroatoms. The summed E-state index contributed by atoms with van der Waals surface area (Å²) >= 11 is 0. The summed E-state index contributed by atoms with van der Waals surface area (Å²) in [6.45, 7) is 10.3. The number of carbonyl (C=O) groups excluding carboxylic acids is 1. The summed E-state index contributed by atoms with van der Waals surface area (Å²) in [5, 5.41) is 0. The molecule has 4 nitrogen and oxygen atoms in total. The van der Waals surface area contributed by atoms with E-state index in [2.05, 4.69) is 13.8 Å². The first kappa shape index (κ1) is 25.1. The third-order valence-electron chi connectivity index (χ3n) is 3.87. The predicted molar refractivity (Wildman–Crippen MR) is 111 cm³/mol. The number of aryl methyl sites for hydroxylation is 1. The fourth-order valence-electron chi connectivity index (χ4n) is 2.02. The topological polar surface area (TPSA) is 74.3 Å². The molecule has 0 radical (unpaired) electrons. The third kappa shape index (κ3) is 11.7. The minimum atomic E-state index is -4.27. The minimum Gasteiger partial charge on any atom is -0.744 e. The molecule has 1 aromatic carbocycles. The molecule has 0 aliphatic heterocycles. The van der Waals surface area contributed by atoms with Gasteiger partial charge in [-0.25, -0.2) is 8.42 Å². The Labute approximate surface area is 162 Å². The molecule has 0 fully saturated rings. The molecule has 0 saturated carbocycles. The second-order valence-electron chi connectivity index (χ2n) is 6.76. The molecular weight excluding hydrogens is 368 g/mol. The fourth-order valence-corrected chi connectivity index (χ4v) is 5.11. The molecule has 0 heterocycles. The summed E-state index contributed by atoms with van der Waals surface area (Å²) < 4.78 is 31.2. The Morgan fingerprint density at radius 1 is 1.04 bits per heavy atom. The summed E-state index contributed by atoms with van der Waals surface area (Å²) in [6.07, 6.45) is 5.09. The van der Waals surface area contributed by atoms with Crippen molar-refractivity contribution in [2.45, 2.75) is 65.2 Å². The van der Waals surface area contributed by atoms with Gasteiger partial charge in [0.05, 0.1) is 4.90 Å². The van der Waals surface area contributed by atoms with Gasteiger partial charge in [-0.1, -0.05) is 58.2 Å². The van der Waals surface area contributed by atoms with E-state index in [0.717, 1.165) is 11.3 Å². The molecule has 0 spiro atoms. The number of carbonyl (C=O) groups is 1. The SMILES string of the molecule is CCCC[S+](CCCC)CC(=O)C(C)C.Cc1ccc(S(=O)(=O)[O-])cc1. The lowest BCUT2D eigenvalue weighted by molar-refractivity contribution is -0.119.